The summed E-state index contributed by atoms with van der Waals surface area (Å²) >= 11 is 1.94. The van der Waals surface area contributed by atoms with Gasteiger partial charge in [-0.3, -0.25) is 9.80 Å². The molecule has 1 aromatic carbocycles. The number of benzene rings is 1. The number of carbonyl (C=O) groups excluding carboxylic acids is 2. The molecule has 2 aliphatic heterocycles. The number of rotatable bonds is 6. The quantitative estimate of drug-likeness (QED) is 0.758. The van der Waals surface area contributed by atoms with E-state index in [4.69, 9.17) is 4.74 Å². The number of thioether (sulfide) groups is 1. The molecule has 0 aliphatic carbocycles. The molecular weight excluding hydrogens is 362 g/mol. The number of esters is 1. The maximum atomic E-state index is 12.9. The summed E-state index contributed by atoms with van der Waals surface area (Å²) in [6, 6.07) is 8.96. The number of ether oxygens (including phenoxy) is 1. The van der Waals surface area contributed by atoms with Crippen molar-refractivity contribution in [3.63, 3.8) is 0 Å². The van der Waals surface area contributed by atoms with Crippen molar-refractivity contribution in [3.8, 4) is 0 Å². The molecule has 0 spiro atoms. The molecule has 1 atom stereocenters. The molecule has 1 N–H and O–H groups in total. The van der Waals surface area contributed by atoms with Gasteiger partial charge in [-0.1, -0.05) is 30.3 Å². The van der Waals surface area contributed by atoms with Crippen molar-refractivity contribution < 1.29 is 14.3 Å². The smallest absolute Gasteiger partial charge is 0.338 e. The average molecular weight is 390 g/mol. The molecule has 2 aliphatic rings. The third-order valence-corrected chi connectivity index (χ3v) is 5.80. The molecular formula is C20H27N3O3S. The van der Waals surface area contributed by atoms with Gasteiger partial charge in [0.25, 0.3) is 0 Å². The van der Waals surface area contributed by atoms with E-state index in [9.17, 15) is 9.59 Å². The fourth-order valence-corrected chi connectivity index (χ4v) is 4.50. The molecule has 0 aromatic heterocycles. The molecule has 3 rings (SSSR count). The highest BCUT2D eigenvalue weighted by molar-refractivity contribution is 7.99. The van der Waals surface area contributed by atoms with Crippen molar-refractivity contribution in [1.29, 1.82) is 0 Å². The second kappa shape index (κ2) is 9.28. The molecule has 6 nitrogen and oxygen atoms in total. The van der Waals surface area contributed by atoms with E-state index < -0.39 is 6.04 Å². The summed E-state index contributed by atoms with van der Waals surface area (Å²) in [5.74, 6) is 1.79. The van der Waals surface area contributed by atoms with E-state index in [1.807, 2.05) is 49.0 Å². The van der Waals surface area contributed by atoms with Crippen LogP contribution < -0.4 is 5.32 Å². The number of nitrogens with one attached hydrogen (secondary N) is 1. The molecule has 0 unspecified atom stereocenters. The molecule has 1 fully saturated rings. The monoisotopic (exact) mass is 389 g/mol. The number of hydrogen-bond acceptors (Lipinski definition) is 5. The lowest BCUT2D eigenvalue weighted by Crippen LogP contribution is -2.51. The van der Waals surface area contributed by atoms with Crippen LogP contribution in [0.25, 0.3) is 0 Å². The van der Waals surface area contributed by atoms with Gasteiger partial charge in [0.2, 0.25) is 0 Å². The average Bonchev–Trinajstić information content (AvgIpc) is 2.69. The Morgan fingerprint density at radius 2 is 1.93 bits per heavy atom. The maximum absolute atomic E-state index is 12.9. The van der Waals surface area contributed by atoms with Crippen LogP contribution in [0.5, 0.6) is 0 Å². The van der Waals surface area contributed by atoms with Gasteiger partial charge >= 0.3 is 12.0 Å². The Balaban J connectivity index is 2.05. The SMILES string of the molecule is CCOC(=O)C1=C(CN2CCSCC2)N(CC)C(=O)N[C@@H]1c1ccccc1. The van der Waals surface area contributed by atoms with E-state index in [0.29, 0.717) is 25.3 Å². The fraction of sp³-hybridized carbons (Fsp3) is 0.500. The van der Waals surface area contributed by atoms with E-state index in [2.05, 4.69) is 10.2 Å². The van der Waals surface area contributed by atoms with Crippen molar-refractivity contribution >= 4 is 23.8 Å². The predicted octanol–water partition coefficient (Wildman–Crippen LogP) is 2.64. The van der Waals surface area contributed by atoms with Crippen LogP contribution in [-0.2, 0) is 9.53 Å². The Morgan fingerprint density at radius 3 is 2.56 bits per heavy atom. The number of amides is 2. The first-order valence-electron chi connectivity index (χ1n) is 9.48. The largest absolute Gasteiger partial charge is 0.463 e. The first-order chi connectivity index (χ1) is 13.2. The van der Waals surface area contributed by atoms with Gasteiger partial charge in [-0.25, -0.2) is 9.59 Å². The normalized spacial score (nSPS) is 21.2. The molecule has 1 saturated heterocycles. The van der Waals surface area contributed by atoms with Gasteiger partial charge in [0.15, 0.2) is 0 Å². The third kappa shape index (κ3) is 4.47. The highest BCUT2D eigenvalue weighted by Crippen LogP contribution is 2.32. The fourth-order valence-electron chi connectivity index (χ4n) is 3.52. The molecule has 146 valence electrons. The van der Waals surface area contributed by atoms with Gasteiger partial charge in [-0.05, 0) is 19.4 Å². The summed E-state index contributed by atoms with van der Waals surface area (Å²) in [7, 11) is 0. The van der Waals surface area contributed by atoms with E-state index in [-0.39, 0.29) is 12.0 Å². The van der Waals surface area contributed by atoms with Crippen molar-refractivity contribution in [2.75, 3.05) is 44.3 Å². The molecule has 27 heavy (non-hydrogen) atoms. The van der Waals surface area contributed by atoms with E-state index in [1.54, 1.807) is 11.8 Å². The van der Waals surface area contributed by atoms with E-state index in [1.165, 1.54) is 0 Å². The van der Waals surface area contributed by atoms with Crippen LogP contribution in [0.4, 0.5) is 4.79 Å². The van der Waals surface area contributed by atoms with Crippen molar-refractivity contribution in [2.45, 2.75) is 19.9 Å². The van der Waals surface area contributed by atoms with Crippen LogP contribution in [0, 0.1) is 0 Å². The lowest BCUT2D eigenvalue weighted by atomic mass is 9.94. The highest BCUT2D eigenvalue weighted by Gasteiger charge is 2.38. The molecule has 0 saturated carbocycles. The number of carbonyl (C=O) groups is 2. The zero-order valence-corrected chi connectivity index (χ0v) is 16.8. The minimum absolute atomic E-state index is 0.166. The molecule has 0 radical (unpaired) electrons. The number of hydrogen-bond donors (Lipinski definition) is 1. The Kier molecular flexibility index (Phi) is 6.79. The summed E-state index contributed by atoms with van der Waals surface area (Å²) in [4.78, 5) is 29.7. The van der Waals surface area contributed by atoms with Crippen molar-refractivity contribution in [3.05, 3.63) is 47.2 Å². The van der Waals surface area contributed by atoms with Crippen molar-refractivity contribution in [1.82, 2.24) is 15.1 Å². The van der Waals surface area contributed by atoms with Gasteiger partial charge in [0, 0.05) is 43.4 Å². The van der Waals surface area contributed by atoms with Gasteiger partial charge in [-0.15, -0.1) is 0 Å². The van der Waals surface area contributed by atoms with Crippen LogP contribution >= 0.6 is 11.8 Å². The minimum atomic E-state index is -0.491. The molecule has 1 aromatic rings. The van der Waals surface area contributed by atoms with Gasteiger partial charge in [0.1, 0.15) is 0 Å². The minimum Gasteiger partial charge on any atom is -0.463 e. The van der Waals surface area contributed by atoms with Crippen LogP contribution in [0.15, 0.2) is 41.6 Å². The summed E-state index contributed by atoms with van der Waals surface area (Å²) < 4.78 is 5.38. The van der Waals surface area contributed by atoms with E-state index >= 15 is 0 Å². The highest BCUT2D eigenvalue weighted by atomic mass is 32.2. The predicted molar refractivity (Wildman–Crippen MR) is 108 cm³/mol. The summed E-state index contributed by atoms with van der Waals surface area (Å²) in [5.41, 5.74) is 2.19. The number of likely N-dealkylation sites (N-methyl/N-ethyl adjacent to an activating group) is 1. The maximum Gasteiger partial charge on any atom is 0.338 e. The number of urea groups is 1. The third-order valence-electron chi connectivity index (χ3n) is 4.86. The summed E-state index contributed by atoms with van der Waals surface area (Å²) in [6.45, 7) is 7.04. The summed E-state index contributed by atoms with van der Waals surface area (Å²) in [6.07, 6.45) is 0. The van der Waals surface area contributed by atoms with Gasteiger partial charge in [-0.2, -0.15) is 11.8 Å². The first-order valence-corrected chi connectivity index (χ1v) is 10.6. The Hall–Kier alpha value is -1.99. The van der Waals surface area contributed by atoms with Gasteiger partial charge in [0.05, 0.1) is 18.2 Å². The van der Waals surface area contributed by atoms with Gasteiger partial charge < -0.3 is 10.1 Å². The van der Waals surface area contributed by atoms with Crippen LogP contribution in [0.2, 0.25) is 0 Å². The Bertz CT molecular complexity index is 702. The van der Waals surface area contributed by atoms with Crippen LogP contribution in [-0.4, -0.2) is 66.1 Å². The Morgan fingerprint density at radius 1 is 1.22 bits per heavy atom. The lowest BCUT2D eigenvalue weighted by Gasteiger charge is -2.38. The second-order valence-corrected chi connectivity index (χ2v) is 7.73. The molecule has 2 heterocycles. The van der Waals surface area contributed by atoms with Crippen LogP contribution in [0.1, 0.15) is 25.5 Å². The number of nitrogens with zero attached hydrogens (tertiary/aromatic N) is 2. The second-order valence-electron chi connectivity index (χ2n) is 6.51. The molecule has 2 amide bonds. The zero-order chi connectivity index (χ0) is 19.2. The standard InChI is InChI=1S/C20H27N3O3S/c1-3-23-16(14-22-10-12-27-13-11-22)17(19(24)26-4-2)18(21-20(23)25)15-8-6-5-7-9-15/h5-9,18H,3-4,10-14H2,1-2H3,(H,21,25)/t18-/m1/s1. The molecule has 0 bridgehead atoms. The topological polar surface area (TPSA) is 61.9 Å². The summed E-state index contributed by atoms with van der Waals surface area (Å²) in [5, 5.41) is 3.00. The van der Waals surface area contributed by atoms with Crippen molar-refractivity contribution in [2.24, 2.45) is 0 Å². The first kappa shape index (κ1) is 19.8. The van der Waals surface area contributed by atoms with E-state index in [0.717, 1.165) is 35.9 Å². The lowest BCUT2D eigenvalue weighted by molar-refractivity contribution is -0.139. The zero-order valence-electron chi connectivity index (χ0n) is 15.9. The Labute approximate surface area is 164 Å². The molecule has 7 heteroatoms. The van der Waals surface area contributed by atoms with Crippen LogP contribution in [0.3, 0.4) is 0 Å².